The fourth-order valence-electron chi connectivity index (χ4n) is 3.69. The molecule has 0 fully saturated rings. The largest absolute Gasteiger partial charge is 0.489 e. The van der Waals surface area contributed by atoms with Crippen LogP contribution in [0.1, 0.15) is 57.0 Å². The smallest absolute Gasteiger partial charge is 0.341 e. The van der Waals surface area contributed by atoms with Gasteiger partial charge in [-0.05, 0) is 66.5 Å². The minimum atomic E-state index is -0.381. The highest BCUT2D eigenvalue weighted by Crippen LogP contribution is 2.35. The second-order valence-corrected chi connectivity index (χ2v) is 9.43. The Labute approximate surface area is 201 Å². The third-order valence-corrected chi connectivity index (χ3v) is 5.72. The summed E-state index contributed by atoms with van der Waals surface area (Å²) >= 11 is 5.99. The highest BCUT2D eigenvalue weighted by molar-refractivity contribution is 6.30. The predicted octanol–water partition coefficient (Wildman–Crippen LogP) is 7.70. The molecule has 0 radical (unpaired) electrons. The Morgan fingerprint density at radius 2 is 1.70 bits per heavy atom. The van der Waals surface area contributed by atoms with Gasteiger partial charge in [0, 0.05) is 10.4 Å². The van der Waals surface area contributed by atoms with E-state index in [0.717, 1.165) is 28.5 Å². The van der Waals surface area contributed by atoms with E-state index in [4.69, 9.17) is 25.8 Å². The number of ether oxygens (including phenoxy) is 3. The maximum absolute atomic E-state index is 12.8. The van der Waals surface area contributed by atoms with Crippen LogP contribution in [0.4, 0.5) is 0 Å². The summed E-state index contributed by atoms with van der Waals surface area (Å²) in [7, 11) is 0. The highest BCUT2D eigenvalue weighted by Gasteiger charge is 2.23. The van der Waals surface area contributed by atoms with Gasteiger partial charge in [0.2, 0.25) is 0 Å². The molecule has 3 aromatic carbocycles. The zero-order chi connectivity index (χ0) is 24.0. The highest BCUT2D eigenvalue weighted by atomic mass is 35.5. The van der Waals surface area contributed by atoms with Crippen molar-refractivity contribution in [2.45, 2.75) is 53.8 Å². The van der Waals surface area contributed by atoms with Crippen LogP contribution in [0.15, 0.2) is 54.6 Å². The number of esters is 1. The number of carbonyl (C=O) groups is 1. The van der Waals surface area contributed by atoms with E-state index in [9.17, 15) is 4.79 Å². The Bertz CT molecular complexity index is 1070. The quantitative estimate of drug-likeness (QED) is 0.286. The first-order chi connectivity index (χ1) is 15.8. The first kappa shape index (κ1) is 24.9. The molecule has 0 aliphatic heterocycles. The van der Waals surface area contributed by atoms with Crippen molar-refractivity contribution < 1.29 is 19.0 Å². The second kappa shape index (κ2) is 11.4. The molecule has 33 heavy (non-hydrogen) atoms. The maximum Gasteiger partial charge on any atom is 0.341 e. The Balaban J connectivity index is 2.00. The number of hydrogen-bond acceptors (Lipinski definition) is 4. The summed E-state index contributed by atoms with van der Waals surface area (Å²) in [5.41, 5.74) is 1.46. The summed E-state index contributed by atoms with van der Waals surface area (Å²) in [5, 5.41) is 2.48. The molecule has 4 nitrogen and oxygen atoms in total. The molecule has 0 saturated carbocycles. The van der Waals surface area contributed by atoms with Crippen molar-refractivity contribution in [1.82, 2.24) is 0 Å². The average Bonchev–Trinajstić information content (AvgIpc) is 2.77. The predicted molar refractivity (Wildman–Crippen MR) is 134 cm³/mol. The van der Waals surface area contributed by atoms with E-state index < -0.39 is 0 Å². The normalized spacial score (nSPS) is 12.2. The molecular weight excluding hydrogens is 436 g/mol. The van der Waals surface area contributed by atoms with Gasteiger partial charge in [0.15, 0.2) is 0 Å². The van der Waals surface area contributed by atoms with Gasteiger partial charge in [-0.2, -0.15) is 0 Å². The van der Waals surface area contributed by atoms with E-state index in [1.54, 1.807) is 6.92 Å². The lowest BCUT2D eigenvalue weighted by Crippen LogP contribution is -2.26. The molecule has 0 spiro atoms. The Morgan fingerprint density at radius 3 is 2.33 bits per heavy atom. The minimum absolute atomic E-state index is 0.0159. The van der Waals surface area contributed by atoms with Crippen molar-refractivity contribution in [3.63, 3.8) is 0 Å². The fourth-order valence-corrected chi connectivity index (χ4v) is 3.82. The molecule has 0 N–H and O–H groups in total. The molecule has 0 saturated heterocycles. The van der Waals surface area contributed by atoms with E-state index in [0.29, 0.717) is 41.4 Å². The van der Waals surface area contributed by atoms with Crippen molar-refractivity contribution in [2.75, 3.05) is 6.61 Å². The minimum Gasteiger partial charge on any atom is -0.489 e. The summed E-state index contributed by atoms with van der Waals surface area (Å²) in [6.07, 6.45) is 0.880. The van der Waals surface area contributed by atoms with Crippen LogP contribution >= 0.6 is 11.6 Å². The Hall–Kier alpha value is -2.72. The average molecular weight is 469 g/mol. The summed E-state index contributed by atoms with van der Waals surface area (Å²) in [5.74, 6) is 1.65. The van der Waals surface area contributed by atoms with Crippen molar-refractivity contribution in [3.05, 3.63) is 70.7 Å². The summed E-state index contributed by atoms with van der Waals surface area (Å²) in [4.78, 5) is 12.8. The fraction of sp³-hybridized carbons (Fsp3) is 0.393. The van der Waals surface area contributed by atoms with Crippen LogP contribution < -0.4 is 9.47 Å². The molecule has 0 heterocycles. The molecule has 3 rings (SSSR count). The van der Waals surface area contributed by atoms with Gasteiger partial charge >= 0.3 is 5.97 Å². The third-order valence-electron chi connectivity index (χ3n) is 5.47. The topological polar surface area (TPSA) is 44.8 Å². The SMILES string of the molecule is CCOC(=O)c1cc2cccc(OCc3ccc(Cl)cc3)c2cc1OC(CC(C)C)C(C)C. The van der Waals surface area contributed by atoms with E-state index in [1.165, 1.54) is 0 Å². The summed E-state index contributed by atoms with van der Waals surface area (Å²) in [6, 6.07) is 17.2. The zero-order valence-corrected chi connectivity index (χ0v) is 20.8. The van der Waals surface area contributed by atoms with Crippen LogP contribution in [0.25, 0.3) is 10.8 Å². The van der Waals surface area contributed by atoms with E-state index in [2.05, 4.69) is 27.7 Å². The van der Waals surface area contributed by atoms with Crippen LogP contribution in [-0.2, 0) is 11.3 Å². The molecule has 1 unspecified atom stereocenters. The van der Waals surface area contributed by atoms with Crippen molar-refractivity contribution >= 4 is 28.3 Å². The van der Waals surface area contributed by atoms with Crippen molar-refractivity contribution in [3.8, 4) is 11.5 Å². The van der Waals surface area contributed by atoms with Crippen LogP contribution in [0.5, 0.6) is 11.5 Å². The van der Waals surface area contributed by atoms with Gasteiger partial charge in [-0.25, -0.2) is 4.79 Å². The van der Waals surface area contributed by atoms with Gasteiger partial charge in [0.1, 0.15) is 29.8 Å². The number of hydrogen-bond donors (Lipinski definition) is 0. The number of carbonyl (C=O) groups excluding carboxylic acids is 1. The Kier molecular flexibility index (Phi) is 8.62. The molecule has 5 heteroatoms. The number of halogens is 1. The van der Waals surface area contributed by atoms with Gasteiger partial charge in [-0.15, -0.1) is 0 Å². The zero-order valence-electron chi connectivity index (χ0n) is 20.1. The standard InChI is InChI=1S/C28H33ClO4/c1-6-31-28(30)24-15-21-8-7-9-25(32-17-20-10-12-22(29)13-11-20)23(21)16-27(24)33-26(19(4)5)14-18(2)3/h7-13,15-16,18-19,26H,6,14,17H2,1-5H3. The lowest BCUT2D eigenvalue weighted by molar-refractivity contribution is 0.0514. The van der Waals surface area contributed by atoms with E-state index >= 15 is 0 Å². The van der Waals surface area contributed by atoms with E-state index in [-0.39, 0.29) is 12.1 Å². The first-order valence-electron chi connectivity index (χ1n) is 11.6. The van der Waals surface area contributed by atoms with Gasteiger partial charge in [-0.3, -0.25) is 0 Å². The molecule has 0 amide bonds. The molecule has 0 aliphatic rings. The van der Waals surface area contributed by atoms with Gasteiger partial charge in [0.25, 0.3) is 0 Å². The number of rotatable bonds is 10. The summed E-state index contributed by atoms with van der Waals surface area (Å²) < 4.78 is 17.9. The van der Waals surface area contributed by atoms with Crippen LogP contribution in [0.3, 0.4) is 0 Å². The lowest BCUT2D eigenvalue weighted by atomic mass is 9.97. The molecule has 176 valence electrons. The van der Waals surface area contributed by atoms with E-state index in [1.807, 2.05) is 54.6 Å². The lowest BCUT2D eigenvalue weighted by Gasteiger charge is -2.26. The number of benzene rings is 3. The molecule has 0 aromatic heterocycles. The van der Waals surface area contributed by atoms with Gasteiger partial charge < -0.3 is 14.2 Å². The molecule has 0 aliphatic carbocycles. The molecular formula is C28H33ClO4. The van der Waals surface area contributed by atoms with Crippen molar-refractivity contribution in [1.29, 1.82) is 0 Å². The molecule has 1 atom stereocenters. The van der Waals surface area contributed by atoms with Crippen LogP contribution in [0, 0.1) is 11.8 Å². The Morgan fingerprint density at radius 1 is 0.970 bits per heavy atom. The van der Waals surface area contributed by atoms with Crippen molar-refractivity contribution in [2.24, 2.45) is 11.8 Å². The number of fused-ring (bicyclic) bond motifs is 1. The van der Waals surface area contributed by atoms with Crippen LogP contribution in [-0.4, -0.2) is 18.7 Å². The molecule has 0 bridgehead atoms. The maximum atomic E-state index is 12.8. The second-order valence-electron chi connectivity index (χ2n) is 8.99. The van der Waals surface area contributed by atoms with Crippen LogP contribution in [0.2, 0.25) is 5.02 Å². The monoisotopic (exact) mass is 468 g/mol. The molecule has 3 aromatic rings. The first-order valence-corrected chi connectivity index (χ1v) is 11.9. The third kappa shape index (κ3) is 6.64. The van der Waals surface area contributed by atoms with Gasteiger partial charge in [0.05, 0.1) is 6.61 Å². The van der Waals surface area contributed by atoms with Gasteiger partial charge in [-0.1, -0.05) is 63.6 Å². The summed E-state index contributed by atoms with van der Waals surface area (Å²) in [6.45, 7) is 11.1.